The summed E-state index contributed by atoms with van der Waals surface area (Å²) >= 11 is 0. The number of hydrogen-bond acceptors (Lipinski definition) is 4. The van der Waals surface area contributed by atoms with E-state index in [9.17, 15) is 0 Å². The molecule has 0 unspecified atom stereocenters. The van der Waals surface area contributed by atoms with Crippen LogP contribution >= 0.6 is 0 Å². The van der Waals surface area contributed by atoms with Crippen LogP contribution in [0.2, 0.25) is 0 Å². The van der Waals surface area contributed by atoms with Crippen molar-refractivity contribution in [2.24, 2.45) is 5.73 Å². The van der Waals surface area contributed by atoms with Crippen LogP contribution in [-0.2, 0) is 6.61 Å². The molecule has 100 valence electrons. The molecule has 0 amide bonds. The first-order valence-electron chi connectivity index (χ1n) is 6.32. The molecule has 3 N–H and O–H groups in total. The Balaban J connectivity index is 2.10. The van der Waals surface area contributed by atoms with Gasteiger partial charge in [-0.25, -0.2) is 0 Å². The van der Waals surface area contributed by atoms with Crippen LogP contribution in [0.5, 0.6) is 11.5 Å². The molecule has 0 fully saturated rings. The van der Waals surface area contributed by atoms with Gasteiger partial charge in [0.05, 0.1) is 18.5 Å². The summed E-state index contributed by atoms with van der Waals surface area (Å²) in [5, 5.41) is 9.07. The fourth-order valence-corrected chi connectivity index (χ4v) is 1.72. The SMILES string of the molecule is CC[C@H](N)c1ccc(Oc2cccc(CO)c2)cn1. The average Bonchev–Trinajstić information content (AvgIpc) is 2.47. The summed E-state index contributed by atoms with van der Waals surface area (Å²) in [7, 11) is 0. The van der Waals surface area contributed by atoms with Crippen molar-refractivity contribution in [1.82, 2.24) is 4.98 Å². The first-order valence-corrected chi connectivity index (χ1v) is 6.32. The van der Waals surface area contributed by atoms with Crippen LogP contribution in [0.3, 0.4) is 0 Å². The minimum absolute atomic E-state index is 0.000257. The molecule has 2 aromatic rings. The second-order valence-electron chi connectivity index (χ2n) is 4.34. The van der Waals surface area contributed by atoms with Gasteiger partial charge < -0.3 is 15.6 Å². The van der Waals surface area contributed by atoms with Crippen LogP contribution in [0, 0.1) is 0 Å². The van der Waals surface area contributed by atoms with Crippen LogP contribution < -0.4 is 10.5 Å². The molecule has 19 heavy (non-hydrogen) atoms. The van der Waals surface area contributed by atoms with Crippen molar-refractivity contribution < 1.29 is 9.84 Å². The summed E-state index contributed by atoms with van der Waals surface area (Å²) in [6, 6.07) is 11.0. The van der Waals surface area contributed by atoms with Gasteiger partial charge in [-0.1, -0.05) is 19.1 Å². The largest absolute Gasteiger partial charge is 0.456 e. The second-order valence-corrected chi connectivity index (χ2v) is 4.34. The highest BCUT2D eigenvalue weighted by molar-refractivity contribution is 5.33. The van der Waals surface area contributed by atoms with Gasteiger partial charge in [0.1, 0.15) is 11.5 Å². The summed E-state index contributed by atoms with van der Waals surface area (Å²) in [4.78, 5) is 4.29. The molecule has 0 spiro atoms. The van der Waals surface area contributed by atoms with Crippen molar-refractivity contribution in [2.45, 2.75) is 26.0 Å². The third kappa shape index (κ3) is 3.53. The number of nitrogens with two attached hydrogens (primary N) is 1. The molecule has 0 aliphatic heterocycles. The second kappa shape index (κ2) is 6.31. The van der Waals surface area contributed by atoms with E-state index in [1.165, 1.54) is 0 Å². The maximum Gasteiger partial charge on any atom is 0.145 e. The summed E-state index contributed by atoms with van der Waals surface area (Å²) in [6.07, 6.45) is 2.52. The smallest absolute Gasteiger partial charge is 0.145 e. The van der Waals surface area contributed by atoms with Gasteiger partial charge in [-0.2, -0.15) is 0 Å². The lowest BCUT2D eigenvalue weighted by Crippen LogP contribution is -2.10. The Morgan fingerprint density at radius 2 is 2.11 bits per heavy atom. The zero-order chi connectivity index (χ0) is 13.7. The number of aromatic nitrogens is 1. The minimum atomic E-state index is -0.0354. The third-order valence-corrected chi connectivity index (χ3v) is 2.90. The number of aliphatic hydroxyl groups is 1. The van der Waals surface area contributed by atoms with E-state index in [1.54, 1.807) is 12.3 Å². The Morgan fingerprint density at radius 3 is 2.74 bits per heavy atom. The lowest BCUT2D eigenvalue weighted by molar-refractivity contribution is 0.281. The van der Waals surface area contributed by atoms with Gasteiger partial charge in [0.15, 0.2) is 0 Å². The molecule has 0 radical (unpaired) electrons. The molecule has 0 aliphatic rings. The van der Waals surface area contributed by atoms with E-state index in [0.29, 0.717) is 11.5 Å². The van der Waals surface area contributed by atoms with Gasteiger partial charge >= 0.3 is 0 Å². The monoisotopic (exact) mass is 258 g/mol. The van der Waals surface area contributed by atoms with Crippen molar-refractivity contribution in [3.63, 3.8) is 0 Å². The molecule has 0 saturated carbocycles. The molecular formula is C15H18N2O2. The molecule has 4 nitrogen and oxygen atoms in total. The molecule has 0 aliphatic carbocycles. The number of nitrogens with zero attached hydrogens (tertiary/aromatic N) is 1. The molecule has 1 atom stereocenters. The summed E-state index contributed by atoms with van der Waals surface area (Å²) in [5.41, 5.74) is 7.58. The number of pyridine rings is 1. The van der Waals surface area contributed by atoms with Crippen molar-refractivity contribution in [3.8, 4) is 11.5 Å². The highest BCUT2D eigenvalue weighted by atomic mass is 16.5. The molecule has 4 heteroatoms. The summed E-state index contributed by atoms with van der Waals surface area (Å²) in [5.74, 6) is 1.34. The van der Waals surface area contributed by atoms with Crippen molar-refractivity contribution in [1.29, 1.82) is 0 Å². The molecule has 1 aromatic carbocycles. The van der Waals surface area contributed by atoms with Crippen molar-refractivity contribution in [2.75, 3.05) is 0 Å². The van der Waals surface area contributed by atoms with Gasteiger partial charge in [-0.05, 0) is 36.2 Å². The van der Waals surface area contributed by atoms with Gasteiger partial charge in [-0.15, -0.1) is 0 Å². The maximum absolute atomic E-state index is 9.07. The first-order chi connectivity index (χ1) is 9.22. The highest BCUT2D eigenvalue weighted by Gasteiger charge is 2.05. The lowest BCUT2D eigenvalue weighted by Gasteiger charge is -2.10. The number of ether oxygens (including phenoxy) is 1. The fourth-order valence-electron chi connectivity index (χ4n) is 1.72. The topological polar surface area (TPSA) is 68.4 Å². The van der Waals surface area contributed by atoms with Gasteiger partial charge in [0.2, 0.25) is 0 Å². The predicted molar refractivity (Wildman–Crippen MR) is 73.9 cm³/mol. The maximum atomic E-state index is 9.07. The predicted octanol–water partition coefficient (Wildman–Crippen LogP) is 2.78. The molecule has 0 bridgehead atoms. The molecule has 1 aromatic heterocycles. The van der Waals surface area contributed by atoms with E-state index in [-0.39, 0.29) is 12.6 Å². The molecular weight excluding hydrogens is 240 g/mol. The third-order valence-electron chi connectivity index (χ3n) is 2.90. The molecule has 1 heterocycles. The van der Waals surface area contributed by atoms with E-state index in [2.05, 4.69) is 4.98 Å². The average molecular weight is 258 g/mol. The summed E-state index contributed by atoms with van der Waals surface area (Å²) in [6.45, 7) is 2.02. The Labute approximate surface area is 112 Å². The molecule has 2 rings (SSSR count). The van der Waals surface area contributed by atoms with Crippen LogP contribution in [0.25, 0.3) is 0 Å². The standard InChI is InChI=1S/C15H18N2O2/c1-2-14(16)15-7-6-13(9-17-15)19-12-5-3-4-11(8-12)10-18/h3-9,14,18H,2,10,16H2,1H3/t14-/m0/s1. The first kappa shape index (κ1) is 13.5. The van der Waals surface area contributed by atoms with Crippen molar-refractivity contribution >= 4 is 0 Å². The van der Waals surface area contributed by atoms with E-state index < -0.39 is 0 Å². The van der Waals surface area contributed by atoms with Crippen molar-refractivity contribution in [3.05, 3.63) is 53.9 Å². The zero-order valence-electron chi connectivity index (χ0n) is 10.9. The number of rotatable bonds is 5. The molecule has 0 saturated heterocycles. The highest BCUT2D eigenvalue weighted by Crippen LogP contribution is 2.22. The van der Waals surface area contributed by atoms with E-state index in [1.807, 2.05) is 37.3 Å². The van der Waals surface area contributed by atoms with Gasteiger partial charge in [0, 0.05) is 6.04 Å². The Hall–Kier alpha value is -1.91. The van der Waals surface area contributed by atoms with Crippen LogP contribution in [0.1, 0.15) is 30.6 Å². The van der Waals surface area contributed by atoms with Gasteiger partial charge in [-0.3, -0.25) is 4.98 Å². The van der Waals surface area contributed by atoms with Crippen LogP contribution in [0.4, 0.5) is 0 Å². The van der Waals surface area contributed by atoms with E-state index >= 15 is 0 Å². The number of benzene rings is 1. The Kier molecular flexibility index (Phi) is 4.49. The Bertz CT molecular complexity index is 526. The fraction of sp³-hybridized carbons (Fsp3) is 0.267. The summed E-state index contributed by atoms with van der Waals surface area (Å²) < 4.78 is 5.67. The van der Waals surface area contributed by atoms with Gasteiger partial charge in [0.25, 0.3) is 0 Å². The Morgan fingerprint density at radius 1 is 1.26 bits per heavy atom. The number of aliphatic hydroxyl groups excluding tert-OH is 1. The van der Waals surface area contributed by atoms with Crippen LogP contribution in [0.15, 0.2) is 42.6 Å². The number of hydrogen-bond donors (Lipinski definition) is 2. The zero-order valence-corrected chi connectivity index (χ0v) is 10.9. The normalized spacial score (nSPS) is 12.2. The minimum Gasteiger partial charge on any atom is -0.456 e. The van der Waals surface area contributed by atoms with E-state index in [4.69, 9.17) is 15.6 Å². The van der Waals surface area contributed by atoms with E-state index in [0.717, 1.165) is 17.7 Å². The lowest BCUT2D eigenvalue weighted by atomic mass is 10.1. The van der Waals surface area contributed by atoms with Crippen LogP contribution in [-0.4, -0.2) is 10.1 Å². The quantitative estimate of drug-likeness (QED) is 0.865.